The lowest BCUT2D eigenvalue weighted by atomic mass is 9.87. The molecular formula is C12H21N3O3. The molecule has 0 radical (unpaired) electrons. The van der Waals surface area contributed by atoms with Gasteiger partial charge in [0.2, 0.25) is 5.91 Å². The average molecular weight is 255 g/mol. The van der Waals surface area contributed by atoms with Gasteiger partial charge >= 0.3 is 0 Å². The number of morpholine rings is 1. The van der Waals surface area contributed by atoms with Gasteiger partial charge in [-0.05, 0) is 12.8 Å². The van der Waals surface area contributed by atoms with Crippen molar-refractivity contribution in [2.45, 2.75) is 38.7 Å². The summed E-state index contributed by atoms with van der Waals surface area (Å²) in [5.41, 5.74) is 5.30. The Morgan fingerprint density at radius 2 is 2.17 bits per heavy atom. The molecule has 1 amide bonds. The standard InChI is InChI=1S/C12H21N3O3/c1-12(4-2-3-5-12)11(16)15-6-7-18-9(8-15)10(13)14-17/h9,17H,2-8H2,1H3,(H2,13,14). The van der Waals surface area contributed by atoms with E-state index in [1.54, 1.807) is 4.90 Å². The molecule has 1 atom stereocenters. The van der Waals surface area contributed by atoms with Gasteiger partial charge in [-0.25, -0.2) is 0 Å². The Kier molecular flexibility index (Phi) is 3.75. The van der Waals surface area contributed by atoms with Crippen molar-refractivity contribution >= 4 is 11.7 Å². The van der Waals surface area contributed by atoms with Gasteiger partial charge in [0.25, 0.3) is 0 Å². The quantitative estimate of drug-likeness (QED) is 0.326. The van der Waals surface area contributed by atoms with Crippen LogP contribution in [0.1, 0.15) is 32.6 Å². The summed E-state index contributed by atoms with van der Waals surface area (Å²) in [5.74, 6) is 0.211. The Hall–Kier alpha value is -1.30. The minimum Gasteiger partial charge on any atom is -0.409 e. The molecule has 1 saturated carbocycles. The zero-order valence-corrected chi connectivity index (χ0v) is 10.8. The molecule has 0 spiro atoms. The fourth-order valence-electron chi connectivity index (χ4n) is 2.83. The van der Waals surface area contributed by atoms with Crippen LogP contribution in [-0.4, -0.2) is 47.7 Å². The summed E-state index contributed by atoms with van der Waals surface area (Å²) in [6, 6.07) is 0. The summed E-state index contributed by atoms with van der Waals surface area (Å²) in [4.78, 5) is 14.3. The number of hydrogen-bond acceptors (Lipinski definition) is 4. The Balaban J connectivity index is 2.02. The number of hydrogen-bond donors (Lipinski definition) is 2. The summed E-state index contributed by atoms with van der Waals surface area (Å²) in [7, 11) is 0. The molecule has 2 rings (SSSR count). The molecule has 1 aliphatic heterocycles. The van der Waals surface area contributed by atoms with Gasteiger partial charge in [-0.2, -0.15) is 0 Å². The highest BCUT2D eigenvalue weighted by Crippen LogP contribution is 2.39. The fourth-order valence-corrected chi connectivity index (χ4v) is 2.83. The minimum atomic E-state index is -0.488. The number of carbonyl (C=O) groups is 1. The SMILES string of the molecule is CC1(C(=O)N2CCOC(C(N)=NO)C2)CCCC1. The first-order valence-electron chi connectivity index (χ1n) is 6.45. The molecule has 0 aromatic rings. The summed E-state index contributed by atoms with van der Waals surface area (Å²) in [5, 5.41) is 11.6. The molecule has 102 valence electrons. The number of rotatable bonds is 2. The first kappa shape index (κ1) is 13.1. The number of oxime groups is 1. The van der Waals surface area contributed by atoms with E-state index >= 15 is 0 Å². The van der Waals surface area contributed by atoms with Crippen molar-refractivity contribution in [1.82, 2.24) is 4.90 Å². The van der Waals surface area contributed by atoms with Gasteiger partial charge in [0.15, 0.2) is 5.84 Å². The van der Waals surface area contributed by atoms with Crippen LogP contribution in [0, 0.1) is 5.41 Å². The second-order valence-corrected chi connectivity index (χ2v) is 5.40. The molecule has 0 bridgehead atoms. The Labute approximate surface area is 107 Å². The predicted octanol–water partition coefficient (Wildman–Crippen LogP) is 0.540. The van der Waals surface area contributed by atoms with Crippen LogP contribution in [0.4, 0.5) is 0 Å². The van der Waals surface area contributed by atoms with E-state index in [1.165, 1.54) is 0 Å². The molecule has 6 nitrogen and oxygen atoms in total. The molecule has 6 heteroatoms. The highest BCUT2D eigenvalue weighted by Gasteiger charge is 2.40. The van der Waals surface area contributed by atoms with Crippen LogP contribution in [0.2, 0.25) is 0 Å². The van der Waals surface area contributed by atoms with Gasteiger partial charge in [-0.3, -0.25) is 4.79 Å². The van der Waals surface area contributed by atoms with Crippen LogP contribution < -0.4 is 5.73 Å². The van der Waals surface area contributed by atoms with Gasteiger partial charge in [0.05, 0.1) is 13.2 Å². The molecule has 18 heavy (non-hydrogen) atoms. The van der Waals surface area contributed by atoms with Crippen molar-refractivity contribution < 1.29 is 14.7 Å². The molecule has 0 aromatic carbocycles. The summed E-state index contributed by atoms with van der Waals surface area (Å²) < 4.78 is 5.40. The highest BCUT2D eigenvalue weighted by molar-refractivity contribution is 5.87. The maximum atomic E-state index is 12.5. The van der Waals surface area contributed by atoms with E-state index in [4.69, 9.17) is 15.7 Å². The smallest absolute Gasteiger partial charge is 0.228 e. The van der Waals surface area contributed by atoms with Gasteiger partial charge in [-0.15, -0.1) is 0 Å². The molecular weight excluding hydrogens is 234 g/mol. The van der Waals surface area contributed by atoms with Crippen LogP contribution in [0.25, 0.3) is 0 Å². The molecule has 1 unspecified atom stereocenters. The number of carbonyl (C=O) groups excluding carboxylic acids is 1. The number of nitrogens with two attached hydrogens (primary N) is 1. The van der Waals surface area contributed by atoms with Crippen molar-refractivity contribution in [3.05, 3.63) is 0 Å². The summed E-state index contributed by atoms with van der Waals surface area (Å²) >= 11 is 0. The Morgan fingerprint density at radius 3 is 2.78 bits per heavy atom. The maximum Gasteiger partial charge on any atom is 0.228 e. The van der Waals surface area contributed by atoms with Crippen molar-refractivity contribution in [1.29, 1.82) is 0 Å². The molecule has 3 N–H and O–H groups in total. The van der Waals surface area contributed by atoms with Gasteiger partial charge in [0, 0.05) is 12.0 Å². The lowest BCUT2D eigenvalue weighted by molar-refractivity contribution is -0.146. The lowest BCUT2D eigenvalue weighted by Crippen LogP contribution is -2.53. The molecule has 1 aliphatic carbocycles. The van der Waals surface area contributed by atoms with E-state index in [9.17, 15) is 4.79 Å². The highest BCUT2D eigenvalue weighted by atomic mass is 16.5. The monoisotopic (exact) mass is 255 g/mol. The summed E-state index contributed by atoms with van der Waals surface area (Å²) in [6.07, 6.45) is 3.67. The number of ether oxygens (including phenoxy) is 1. The van der Waals surface area contributed by atoms with Crippen LogP contribution >= 0.6 is 0 Å². The van der Waals surface area contributed by atoms with E-state index in [0.717, 1.165) is 25.7 Å². The second kappa shape index (κ2) is 5.14. The number of amides is 1. The third-order valence-corrected chi connectivity index (χ3v) is 4.02. The Morgan fingerprint density at radius 1 is 1.50 bits per heavy atom. The average Bonchev–Trinajstić information content (AvgIpc) is 2.85. The van der Waals surface area contributed by atoms with Crippen molar-refractivity contribution in [2.75, 3.05) is 19.7 Å². The van der Waals surface area contributed by atoms with Crippen molar-refractivity contribution in [3.8, 4) is 0 Å². The van der Waals surface area contributed by atoms with E-state index in [1.807, 2.05) is 6.92 Å². The number of amidine groups is 1. The fraction of sp³-hybridized carbons (Fsp3) is 0.833. The van der Waals surface area contributed by atoms with Gasteiger partial charge in [-0.1, -0.05) is 24.9 Å². The largest absolute Gasteiger partial charge is 0.409 e. The normalized spacial score (nSPS) is 28.4. The van der Waals surface area contributed by atoms with Crippen LogP contribution in [0.5, 0.6) is 0 Å². The third-order valence-electron chi connectivity index (χ3n) is 4.02. The zero-order valence-electron chi connectivity index (χ0n) is 10.8. The molecule has 1 saturated heterocycles. The second-order valence-electron chi connectivity index (χ2n) is 5.40. The molecule has 2 aliphatic rings. The van der Waals surface area contributed by atoms with Crippen LogP contribution in [0.3, 0.4) is 0 Å². The van der Waals surface area contributed by atoms with E-state index < -0.39 is 6.10 Å². The molecule has 2 fully saturated rings. The van der Waals surface area contributed by atoms with Crippen molar-refractivity contribution in [3.63, 3.8) is 0 Å². The lowest BCUT2D eigenvalue weighted by Gasteiger charge is -2.37. The van der Waals surface area contributed by atoms with Crippen LogP contribution in [-0.2, 0) is 9.53 Å². The van der Waals surface area contributed by atoms with E-state index in [-0.39, 0.29) is 17.2 Å². The molecule has 0 aromatic heterocycles. The first-order valence-corrected chi connectivity index (χ1v) is 6.45. The van der Waals surface area contributed by atoms with Crippen molar-refractivity contribution in [2.24, 2.45) is 16.3 Å². The topological polar surface area (TPSA) is 88.2 Å². The molecule has 1 heterocycles. The van der Waals surface area contributed by atoms with E-state index in [2.05, 4.69) is 5.16 Å². The van der Waals surface area contributed by atoms with E-state index in [0.29, 0.717) is 19.7 Å². The van der Waals surface area contributed by atoms with Gasteiger partial charge in [0.1, 0.15) is 6.10 Å². The minimum absolute atomic E-state index is 0.0316. The maximum absolute atomic E-state index is 12.5. The zero-order chi connectivity index (χ0) is 13.2. The van der Waals surface area contributed by atoms with Gasteiger partial charge < -0.3 is 20.6 Å². The summed E-state index contributed by atoms with van der Waals surface area (Å²) in [6.45, 7) is 3.44. The van der Waals surface area contributed by atoms with Crippen LogP contribution in [0.15, 0.2) is 5.16 Å². The number of nitrogens with zero attached hydrogens (tertiary/aromatic N) is 2. The first-order chi connectivity index (χ1) is 8.57. The third kappa shape index (κ3) is 2.43. The Bertz CT molecular complexity index is 350. The predicted molar refractivity (Wildman–Crippen MR) is 66.3 cm³/mol.